The van der Waals surface area contributed by atoms with Crippen LogP contribution in [0, 0.1) is 17.8 Å². The summed E-state index contributed by atoms with van der Waals surface area (Å²) in [4.78, 5) is 38.4. The minimum Gasteiger partial charge on any atom is -0.391 e. The first kappa shape index (κ1) is 32.2. The van der Waals surface area contributed by atoms with Gasteiger partial charge in [0.05, 0.1) is 12.1 Å². The summed E-state index contributed by atoms with van der Waals surface area (Å²) in [5.74, 6) is -3.44. The van der Waals surface area contributed by atoms with E-state index >= 15 is 0 Å². The molecular weight excluding hydrogens is 467 g/mol. The van der Waals surface area contributed by atoms with Crippen molar-refractivity contribution in [3.05, 3.63) is 0 Å². The lowest BCUT2D eigenvalue weighted by atomic mass is 9.95. The third-order valence-corrected chi connectivity index (χ3v) is 6.72. The highest BCUT2D eigenvalue weighted by molar-refractivity contribution is 7.86. The van der Waals surface area contributed by atoms with Gasteiger partial charge in [-0.05, 0) is 31.1 Å². The summed E-state index contributed by atoms with van der Waals surface area (Å²) in [5, 5.41) is 17.6. The minimum atomic E-state index is -4.87. The van der Waals surface area contributed by atoms with Gasteiger partial charge in [-0.25, -0.2) is 0 Å². The molecule has 34 heavy (non-hydrogen) atoms. The summed E-state index contributed by atoms with van der Waals surface area (Å²) < 4.78 is 35.5. The number of halogens is 1. The normalized spacial score (nSPS) is 18.2. The molecule has 0 saturated carbocycles. The molecule has 0 aliphatic carbocycles. The van der Waals surface area contributed by atoms with Crippen LogP contribution in [-0.2, 0) is 24.6 Å². The maximum atomic E-state index is 13.3. The Morgan fingerprint density at radius 3 is 1.74 bits per heavy atom. The maximum absolute atomic E-state index is 13.3. The molecule has 0 aromatic carbocycles. The van der Waals surface area contributed by atoms with Crippen LogP contribution in [0.4, 0.5) is 3.89 Å². The van der Waals surface area contributed by atoms with Crippen LogP contribution in [0.2, 0.25) is 0 Å². The number of carbonyl (C=O) groups is 3. The summed E-state index contributed by atoms with van der Waals surface area (Å²) in [7, 11) is -4.87. The lowest BCUT2D eigenvalue weighted by molar-refractivity contribution is -0.135. The van der Waals surface area contributed by atoms with Gasteiger partial charge in [0.2, 0.25) is 17.7 Å². The molecule has 6 N–H and O–H groups in total. The fraction of sp³-hybridized carbons (Fsp3) is 0.864. The summed E-state index contributed by atoms with van der Waals surface area (Å²) in [6.07, 6.45) is 0.0358. The number of hydrogen-bond acceptors (Lipinski definition) is 7. The predicted octanol–water partition coefficient (Wildman–Crippen LogP) is 0.587. The van der Waals surface area contributed by atoms with E-state index in [1.807, 2.05) is 20.8 Å². The lowest BCUT2D eigenvalue weighted by Crippen LogP contribution is -2.61. The van der Waals surface area contributed by atoms with Gasteiger partial charge in [0.15, 0.2) is 0 Å². The van der Waals surface area contributed by atoms with Crippen LogP contribution in [0.25, 0.3) is 0 Å². The van der Waals surface area contributed by atoms with Crippen LogP contribution in [0.3, 0.4) is 0 Å². The Balaban J connectivity index is 5.62. The van der Waals surface area contributed by atoms with E-state index in [0.29, 0.717) is 12.8 Å². The van der Waals surface area contributed by atoms with Gasteiger partial charge in [-0.3, -0.25) is 14.4 Å². The molecule has 0 radical (unpaired) electrons. The van der Waals surface area contributed by atoms with E-state index in [4.69, 9.17) is 5.73 Å². The second-order valence-electron chi connectivity index (χ2n) is 9.55. The Labute approximate surface area is 203 Å². The number of aliphatic hydroxyl groups is 1. The molecule has 10 nitrogen and oxygen atoms in total. The van der Waals surface area contributed by atoms with Gasteiger partial charge in [0, 0.05) is 6.04 Å². The Hall–Kier alpha value is -1.79. The van der Waals surface area contributed by atoms with Crippen molar-refractivity contribution in [2.75, 3.05) is 5.75 Å². The van der Waals surface area contributed by atoms with Crippen molar-refractivity contribution >= 4 is 27.9 Å². The third kappa shape index (κ3) is 11.6. The summed E-state index contributed by atoms with van der Waals surface area (Å²) >= 11 is 0. The zero-order chi connectivity index (χ0) is 26.8. The first-order chi connectivity index (χ1) is 15.5. The highest BCUT2D eigenvalue weighted by Crippen LogP contribution is 2.13. The van der Waals surface area contributed by atoms with Gasteiger partial charge in [0.25, 0.3) is 0 Å². The summed E-state index contributed by atoms with van der Waals surface area (Å²) in [5.41, 5.74) is 5.98. The zero-order valence-electron chi connectivity index (χ0n) is 21.3. The molecule has 0 spiro atoms. The molecule has 7 atom stereocenters. The molecule has 0 aromatic heterocycles. The van der Waals surface area contributed by atoms with Crippen LogP contribution in [-0.4, -0.2) is 67.3 Å². The lowest BCUT2D eigenvalue weighted by Gasteiger charge is -2.30. The third-order valence-electron chi connectivity index (χ3n) is 5.92. The molecule has 0 saturated heterocycles. The van der Waals surface area contributed by atoms with Crippen LogP contribution >= 0.6 is 0 Å². The van der Waals surface area contributed by atoms with Crippen molar-refractivity contribution in [1.82, 2.24) is 16.0 Å². The first-order valence-electron chi connectivity index (χ1n) is 11.8. The van der Waals surface area contributed by atoms with Crippen LogP contribution < -0.4 is 21.7 Å². The number of nitrogens with two attached hydrogens (primary N) is 1. The molecule has 0 aromatic rings. The quantitative estimate of drug-likeness (QED) is 0.201. The molecule has 200 valence electrons. The van der Waals surface area contributed by atoms with Gasteiger partial charge in [-0.2, -0.15) is 8.42 Å². The molecule has 0 aliphatic heterocycles. The average Bonchev–Trinajstić information content (AvgIpc) is 2.71. The van der Waals surface area contributed by atoms with Gasteiger partial charge in [-0.1, -0.05) is 54.4 Å². The van der Waals surface area contributed by atoms with E-state index in [-0.39, 0.29) is 24.2 Å². The number of nitrogens with one attached hydrogen (secondary N) is 3. The van der Waals surface area contributed by atoms with Gasteiger partial charge >= 0.3 is 10.2 Å². The molecule has 0 aliphatic rings. The molecule has 3 amide bonds. The number of aliphatic hydroxyl groups excluding tert-OH is 1. The Morgan fingerprint density at radius 2 is 1.32 bits per heavy atom. The zero-order valence-corrected chi connectivity index (χ0v) is 22.1. The Morgan fingerprint density at radius 1 is 0.853 bits per heavy atom. The second-order valence-corrected chi connectivity index (χ2v) is 11.0. The van der Waals surface area contributed by atoms with E-state index in [9.17, 15) is 31.8 Å². The van der Waals surface area contributed by atoms with Crippen molar-refractivity contribution in [2.45, 2.75) is 98.0 Å². The van der Waals surface area contributed by atoms with Gasteiger partial charge in [-0.15, -0.1) is 3.89 Å². The molecule has 3 unspecified atom stereocenters. The smallest absolute Gasteiger partial charge is 0.304 e. The molecule has 0 rings (SSSR count). The SMILES string of the molecule is CCC(C)[C@H](N)C(=O)N[C@H](C(=O)N[C@H](C(=O)N[C@@H](CC(C)C)CS(=O)(=O)F)C(C)O)C(C)CC. The monoisotopic (exact) mass is 510 g/mol. The van der Waals surface area contributed by atoms with Crippen LogP contribution in [0.1, 0.15) is 67.7 Å². The molecule has 0 heterocycles. The number of amides is 3. The molecule has 0 bridgehead atoms. The van der Waals surface area contributed by atoms with E-state index in [2.05, 4.69) is 16.0 Å². The topological polar surface area (TPSA) is 168 Å². The average molecular weight is 511 g/mol. The maximum Gasteiger partial charge on any atom is 0.304 e. The molecule has 0 fully saturated rings. The van der Waals surface area contributed by atoms with E-state index in [1.54, 1.807) is 20.8 Å². The summed E-state index contributed by atoms with van der Waals surface area (Å²) in [6.45, 7) is 12.1. The largest absolute Gasteiger partial charge is 0.391 e. The standard InChI is InChI=1S/C22H43FN4O6S/c1-8-13(5)17(24)20(29)26-18(14(6)9-2)21(30)27-19(15(7)28)22(31)25-16(10-12(3)4)11-34(23,32)33/h12-19,28H,8-11,24H2,1-7H3,(H,25,31)(H,26,29)(H,27,30)/t13?,14?,15?,16-,17-,18-,19-/m0/s1. The Kier molecular flexibility index (Phi) is 13.8. The molecule has 12 heteroatoms. The number of carbonyl (C=O) groups excluding carboxylic acids is 3. The van der Waals surface area contributed by atoms with Crippen molar-refractivity contribution in [3.63, 3.8) is 0 Å². The summed E-state index contributed by atoms with van der Waals surface area (Å²) in [6, 6.07) is -4.32. The van der Waals surface area contributed by atoms with Crippen molar-refractivity contribution in [1.29, 1.82) is 0 Å². The van der Waals surface area contributed by atoms with Crippen molar-refractivity contribution in [2.24, 2.45) is 23.5 Å². The highest BCUT2D eigenvalue weighted by atomic mass is 32.3. The fourth-order valence-corrected chi connectivity index (χ4v) is 4.08. The molecular formula is C22H43FN4O6S. The fourth-order valence-electron chi connectivity index (χ4n) is 3.38. The highest BCUT2D eigenvalue weighted by Gasteiger charge is 2.34. The van der Waals surface area contributed by atoms with Crippen LogP contribution in [0.15, 0.2) is 0 Å². The van der Waals surface area contributed by atoms with E-state index in [1.165, 1.54) is 6.92 Å². The van der Waals surface area contributed by atoms with Crippen molar-refractivity contribution < 1.29 is 31.8 Å². The van der Waals surface area contributed by atoms with Crippen LogP contribution in [0.5, 0.6) is 0 Å². The van der Waals surface area contributed by atoms with Crippen molar-refractivity contribution in [3.8, 4) is 0 Å². The minimum absolute atomic E-state index is 0.0497. The number of rotatable bonds is 15. The van der Waals surface area contributed by atoms with Gasteiger partial charge in [0.1, 0.15) is 17.8 Å². The Bertz CT molecular complexity index is 777. The van der Waals surface area contributed by atoms with E-state index < -0.39 is 64.0 Å². The van der Waals surface area contributed by atoms with Gasteiger partial charge < -0.3 is 26.8 Å². The van der Waals surface area contributed by atoms with E-state index in [0.717, 1.165) is 0 Å². The second kappa shape index (κ2) is 14.6. The predicted molar refractivity (Wildman–Crippen MR) is 129 cm³/mol. The first-order valence-corrected chi connectivity index (χ1v) is 13.4. The number of hydrogen-bond donors (Lipinski definition) is 5.